The van der Waals surface area contributed by atoms with E-state index in [1.165, 1.54) is 7.11 Å². The van der Waals surface area contributed by atoms with E-state index in [2.05, 4.69) is 9.71 Å². The van der Waals surface area contributed by atoms with Crippen LogP contribution in [0.2, 0.25) is 0 Å². The summed E-state index contributed by atoms with van der Waals surface area (Å²) in [6.45, 7) is 0. The molecule has 2 atom stereocenters. The molecule has 10 nitrogen and oxygen atoms in total. The number of carbonyl (C=O) groups is 1. The van der Waals surface area contributed by atoms with Gasteiger partial charge < -0.3 is 9.84 Å². The Labute approximate surface area is 166 Å². The summed E-state index contributed by atoms with van der Waals surface area (Å²) in [7, 11) is -3.12. The van der Waals surface area contributed by atoms with Gasteiger partial charge in [0.2, 0.25) is 10.0 Å². The zero-order chi connectivity index (χ0) is 21.2. The molecule has 29 heavy (non-hydrogen) atoms. The van der Waals surface area contributed by atoms with Crippen molar-refractivity contribution in [1.82, 2.24) is 4.72 Å². The number of nitro groups is 1. The van der Waals surface area contributed by atoms with Crippen molar-refractivity contribution in [3.63, 3.8) is 0 Å². The Bertz CT molecular complexity index is 1100. The smallest absolute Gasteiger partial charge is 0.321 e. The number of carboxylic acid groups (broad SMARTS) is 1. The summed E-state index contributed by atoms with van der Waals surface area (Å²) in [6, 6.07) is 8.79. The molecule has 2 aromatic carbocycles. The van der Waals surface area contributed by atoms with Crippen molar-refractivity contribution in [3.05, 3.63) is 58.1 Å². The highest BCUT2D eigenvalue weighted by Gasteiger charge is 2.31. The SMILES string of the molecule is COc1ccc(S(=O)(=O)NC(CC2C=Nc3ccccc32)C(=O)O)cc1[N+](=O)[O-]. The second kappa shape index (κ2) is 7.97. The quantitative estimate of drug-likeness (QED) is 0.492. The molecule has 0 saturated carbocycles. The minimum atomic E-state index is -4.34. The number of hydrogen-bond acceptors (Lipinski definition) is 7. The molecule has 3 rings (SSSR count). The summed E-state index contributed by atoms with van der Waals surface area (Å²) in [4.78, 5) is 25.8. The molecule has 2 aromatic rings. The number of carboxylic acids is 1. The monoisotopic (exact) mass is 419 g/mol. The summed E-state index contributed by atoms with van der Waals surface area (Å²) in [5.41, 5.74) is 0.965. The van der Waals surface area contributed by atoms with Crippen LogP contribution in [0.15, 0.2) is 52.4 Å². The van der Waals surface area contributed by atoms with E-state index < -0.39 is 37.5 Å². The maximum Gasteiger partial charge on any atom is 0.321 e. The highest BCUT2D eigenvalue weighted by atomic mass is 32.2. The van der Waals surface area contributed by atoms with Crippen molar-refractivity contribution in [2.75, 3.05) is 7.11 Å². The van der Waals surface area contributed by atoms with E-state index in [9.17, 15) is 28.4 Å². The van der Waals surface area contributed by atoms with Crippen LogP contribution in [0.3, 0.4) is 0 Å². The van der Waals surface area contributed by atoms with E-state index in [-0.39, 0.29) is 18.1 Å². The number of fused-ring (bicyclic) bond motifs is 1. The number of ether oxygens (including phenoxy) is 1. The average molecular weight is 419 g/mol. The standard InChI is InChI=1S/C18H17N3O7S/c1-28-17-7-6-12(9-16(17)21(24)25)29(26,27)20-15(18(22)23)8-11-10-19-14-5-3-2-4-13(11)14/h2-7,9-11,15,20H,8H2,1H3,(H,22,23). The molecule has 1 heterocycles. The van der Waals surface area contributed by atoms with Gasteiger partial charge in [0, 0.05) is 18.2 Å². The van der Waals surface area contributed by atoms with Gasteiger partial charge in [-0.05, 0) is 30.2 Å². The number of rotatable bonds is 8. The molecule has 11 heteroatoms. The number of benzene rings is 2. The third kappa shape index (κ3) is 4.25. The second-order valence-corrected chi connectivity index (χ2v) is 8.00. The Morgan fingerprint density at radius 3 is 2.72 bits per heavy atom. The number of nitrogens with zero attached hydrogens (tertiary/aromatic N) is 2. The van der Waals surface area contributed by atoms with Crippen molar-refractivity contribution in [2.24, 2.45) is 4.99 Å². The van der Waals surface area contributed by atoms with Crippen molar-refractivity contribution >= 4 is 33.6 Å². The lowest BCUT2D eigenvalue weighted by atomic mass is 9.94. The van der Waals surface area contributed by atoms with Gasteiger partial charge in [0.05, 0.1) is 22.6 Å². The van der Waals surface area contributed by atoms with Crippen LogP contribution in [0, 0.1) is 10.1 Å². The van der Waals surface area contributed by atoms with E-state index in [0.29, 0.717) is 5.69 Å². The van der Waals surface area contributed by atoms with Gasteiger partial charge in [-0.15, -0.1) is 0 Å². The minimum absolute atomic E-state index is 0.0622. The number of para-hydroxylation sites is 1. The molecule has 152 valence electrons. The Balaban J connectivity index is 1.85. The van der Waals surface area contributed by atoms with Crippen LogP contribution in [0.5, 0.6) is 5.75 Å². The molecule has 0 fully saturated rings. The van der Waals surface area contributed by atoms with Gasteiger partial charge >= 0.3 is 11.7 Å². The fraction of sp³-hybridized carbons (Fsp3) is 0.222. The Morgan fingerprint density at radius 1 is 1.34 bits per heavy atom. The molecule has 2 N–H and O–H groups in total. The Morgan fingerprint density at radius 2 is 2.07 bits per heavy atom. The second-order valence-electron chi connectivity index (χ2n) is 6.28. The molecule has 0 spiro atoms. The lowest BCUT2D eigenvalue weighted by molar-refractivity contribution is -0.386. The molecule has 2 unspecified atom stereocenters. The molecule has 0 bridgehead atoms. The summed E-state index contributed by atoms with van der Waals surface area (Å²) >= 11 is 0. The van der Waals surface area contributed by atoms with E-state index in [0.717, 1.165) is 23.8 Å². The molecule has 0 aliphatic carbocycles. The van der Waals surface area contributed by atoms with Crippen LogP contribution in [0.4, 0.5) is 11.4 Å². The van der Waals surface area contributed by atoms with Crippen LogP contribution in [0.1, 0.15) is 17.9 Å². The Kier molecular flexibility index (Phi) is 5.62. The van der Waals surface area contributed by atoms with Gasteiger partial charge in [-0.3, -0.25) is 19.9 Å². The first-order chi connectivity index (χ1) is 13.7. The number of nitro benzene ring substituents is 1. The first-order valence-corrected chi connectivity index (χ1v) is 9.92. The minimum Gasteiger partial charge on any atom is -0.490 e. The van der Waals surface area contributed by atoms with Crippen molar-refractivity contribution in [2.45, 2.75) is 23.3 Å². The molecule has 0 radical (unpaired) electrons. The zero-order valence-electron chi connectivity index (χ0n) is 15.2. The van der Waals surface area contributed by atoms with Crippen LogP contribution in [-0.4, -0.2) is 43.8 Å². The number of nitrogens with one attached hydrogen (secondary N) is 1. The van der Waals surface area contributed by atoms with Crippen LogP contribution < -0.4 is 9.46 Å². The van der Waals surface area contributed by atoms with E-state index in [1.54, 1.807) is 30.5 Å². The molecule has 1 aliphatic rings. The van der Waals surface area contributed by atoms with Gasteiger partial charge in [-0.25, -0.2) is 8.42 Å². The number of sulfonamides is 1. The summed E-state index contributed by atoms with van der Waals surface area (Å²) in [5.74, 6) is -1.85. The average Bonchev–Trinajstić information content (AvgIpc) is 3.09. The van der Waals surface area contributed by atoms with Gasteiger partial charge in [-0.2, -0.15) is 4.72 Å². The largest absolute Gasteiger partial charge is 0.490 e. The fourth-order valence-electron chi connectivity index (χ4n) is 3.05. The van der Waals surface area contributed by atoms with Crippen LogP contribution >= 0.6 is 0 Å². The van der Waals surface area contributed by atoms with Crippen LogP contribution in [-0.2, 0) is 14.8 Å². The highest BCUT2D eigenvalue weighted by molar-refractivity contribution is 7.89. The number of aliphatic imine (C=N–C) groups is 1. The van der Waals surface area contributed by atoms with E-state index >= 15 is 0 Å². The third-order valence-electron chi connectivity index (χ3n) is 4.47. The predicted molar refractivity (Wildman–Crippen MR) is 103 cm³/mol. The fourth-order valence-corrected chi connectivity index (χ4v) is 4.27. The van der Waals surface area contributed by atoms with E-state index in [4.69, 9.17) is 4.74 Å². The molecule has 1 aliphatic heterocycles. The van der Waals surface area contributed by atoms with Gasteiger partial charge in [-0.1, -0.05) is 18.2 Å². The molecule has 0 aromatic heterocycles. The Hall–Kier alpha value is -3.31. The first kappa shape index (κ1) is 20.4. The maximum absolute atomic E-state index is 12.7. The van der Waals surface area contributed by atoms with Gasteiger partial charge in [0.15, 0.2) is 5.75 Å². The van der Waals surface area contributed by atoms with Gasteiger partial charge in [0.25, 0.3) is 0 Å². The van der Waals surface area contributed by atoms with Crippen molar-refractivity contribution < 1.29 is 28.0 Å². The maximum atomic E-state index is 12.7. The molecular weight excluding hydrogens is 402 g/mol. The van der Waals surface area contributed by atoms with Crippen molar-refractivity contribution in [3.8, 4) is 5.75 Å². The molecular formula is C18H17N3O7S. The number of hydrogen-bond donors (Lipinski definition) is 2. The molecule has 0 saturated heterocycles. The van der Waals surface area contributed by atoms with Crippen molar-refractivity contribution in [1.29, 1.82) is 0 Å². The summed E-state index contributed by atoms with van der Waals surface area (Å²) in [5, 5.41) is 20.7. The summed E-state index contributed by atoms with van der Waals surface area (Å²) in [6.07, 6.45) is 1.51. The third-order valence-corrected chi connectivity index (χ3v) is 5.94. The number of methoxy groups -OCH3 is 1. The summed E-state index contributed by atoms with van der Waals surface area (Å²) < 4.78 is 32.3. The first-order valence-electron chi connectivity index (χ1n) is 8.43. The topological polar surface area (TPSA) is 148 Å². The zero-order valence-corrected chi connectivity index (χ0v) is 16.0. The lowest BCUT2D eigenvalue weighted by Crippen LogP contribution is -2.41. The van der Waals surface area contributed by atoms with Gasteiger partial charge in [0.1, 0.15) is 6.04 Å². The highest BCUT2D eigenvalue weighted by Crippen LogP contribution is 2.35. The molecule has 0 amide bonds. The normalized spacial score (nSPS) is 16.2. The lowest BCUT2D eigenvalue weighted by Gasteiger charge is -2.18. The number of aliphatic carboxylic acids is 1. The van der Waals surface area contributed by atoms with Crippen LogP contribution in [0.25, 0.3) is 0 Å². The predicted octanol–water partition coefficient (Wildman–Crippen LogP) is 2.22. The van der Waals surface area contributed by atoms with E-state index in [1.807, 2.05) is 0 Å².